The normalized spacial score (nSPS) is 14.4. The number of anilines is 1. The molecule has 1 aliphatic rings. The Morgan fingerprint density at radius 3 is 2.17 bits per heavy atom. The van der Waals surface area contributed by atoms with Crippen molar-refractivity contribution >= 4 is 66.0 Å². The summed E-state index contributed by atoms with van der Waals surface area (Å²) < 4.78 is 2.21. The van der Waals surface area contributed by atoms with Gasteiger partial charge in [0.2, 0.25) is 0 Å². The lowest BCUT2D eigenvalue weighted by Crippen LogP contribution is -2.07. The molecule has 0 bridgehead atoms. The molecule has 192 valence electrons. The predicted octanol–water partition coefficient (Wildman–Crippen LogP) is 8.03. The molecule has 0 saturated carbocycles. The lowest BCUT2D eigenvalue weighted by atomic mass is 9.98. The van der Waals surface area contributed by atoms with Crippen LogP contribution in [0.4, 0.5) is 5.69 Å². The summed E-state index contributed by atoms with van der Waals surface area (Å²) in [7, 11) is 4.04. The van der Waals surface area contributed by atoms with Crippen molar-refractivity contribution < 1.29 is 4.79 Å². The molecule has 2 heterocycles. The molecule has 0 aliphatic heterocycles. The first-order valence-electron chi connectivity index (χ1n) is 12.4. The fraction of sp³-hybridized carbons (Fsp3) is 0.0606. The minimum absolute atomic E-state index is 0.0801. The second kappa shape index (κ2) is 9.91. The number of benzene rings is 3. The molecular formula is C33H17N5OS2. The summed E-state index contributed by atoms with van der Waals surface area (Å²) in [6, 6.07) is 25.6. The number of carbonyl (C=O) groups excluding carboxylic acids is 1. The van der Waals surface area contributed by atoms with Crippen molar-refractivity contribution in [1.29, 1.82) is 15.8 Å². The van der Waals surface area contributed by atoms with Crippen molar-refractivity contribution in [2.75, 3.05) is 19.0 Å². The molecule has 2 aromatic heterocycles. The molecule has 0 amide bonds. The lowest BCUT2D eigenvalue weighted by Gasteiger charge is -2.12. The van der Waals surface area contributed by atoms with Crippen molar-refractivity contribution in [3.63, 3.8) is 0 Å². The van der Waals surface area contributed by atoms with Gasteiger partial charge in [0, 0.05) is 55.6 Å². The van der Waals surface area contributed by atoms with Crippen LogP contribution < -0.4 is 4.90 Å². The number of nitrogens with zero attached hydrogens (tertiary/aromatic N) is 5. The van der Waals surface area contributed by atoms with Gasteiger partial charge in [-0.05, 0) is 76.5 Å². The van der Waals surface area contributed by atoms with E-state index in [2.05, 4.69) is 52.2 Å². The number of carbonyl (C=O) groups is 1. The van der Waals surface area contributed by atoms with Crippen LogP contribution in [0.5, 0.6) is 0 Å². The Labute approximate surface area is 244 Å². The Bertz CT molecular complexity index is 2120. The minimum atomic E-state index is -0.379. The molecule has 5 aromatic rings. The summed E-state index contributed by atoms with van der Waals surface area (Å²) in [5.74, 6) is -0.379. The van der Waals surface area contributed by atoms with Crippen LogP contribution in [0.3, 0.4) is 0 Å². The monoisotopic (exact) mass is 563 g/mol. The molecule has 0 fully saturated rings. The molecule has 41 heavy (non-hydrogen) atoms. The first kappa shape index (κ1) is 25.8. The fourth-order valence-electron chi connectivity index (χ4n) is 4.99. The highest BCUT2D eigenvalue weighted by Gasteiger charge is 2.33. The number of fused-ring (bicyclic) bond motifs is 3. The zero-order valence-corrected chi connectivity index (χ0v) is 23.4. The van der Waals surface area contributed by atoms with Gasteiger partial charge in [0.15, 0.2) is 5.78 Å². The lowest BCUT2D eigenvalue weighted by molar-refractivity contribution is 0.104. The molecule has 0 atom stereocenters. The number of rotatable bonds is 3. The van der Waals surface area contributed by atoms with E-state index >= 15 is 0 Å². The third-order valence-corrected chi connectivity index (χ3v) is 9.20. The maximum Gasteiger partial charge on any atom is 0.270 e. The first-order valence-corrected chi connectivity index (χ1v) is 14.0. The number of allylic oxidation sites excluding steroid dienone is 3. The van der Waals surface area contributed by atoms with Crippen LogP contribution >= 0.6 is 22.7 Å². The standard InChI is InChI=1S/C33H17N5OS2/c1-37-28(17-36)32-25-10-21(15-34)22(16-35)11-26(25)33(39)27(32)13-24-9-19-8-20-12-29(41-31(20)14-30(19)40-24)18-4-6-23(7-5-18)38(2)3/h4-14H,2-3H3/b27-13-,32-28-. The zero-order valence-electron chi connectivity index (χ0n) is 21.8. The van der Waals surface area contributed by atoms with Crippen molar-refractivity contribution in [3.05, 3.63) is 110 Å². The third-order valence-electron chi connectivity index (χ3n) is 7.01. The number of hydrogen-bond donors (Lipinski definition) is 0. The first-order chi connectivity index (χ1) is 19.8. The summed E-state index contributed by atoms with van der Waals surface area (Å²) >= 11 is 3.24. The molecule has 0 radical (unpaired) electrons. The summed E-state index contributed by atoms with van der Waals surface area (Å²) in [4.78, 5) is 20.9. The average Bonchev–Trinajstić information content (AvgIpc) is 3.65. The summed E-state index contributed by atoms with van der Waals surface area (Å²) in [5, 5.41) is 30.8. The van der Waals surface area contributed by atoms with E-state index in [1.807, 2.05) is 38.4 Å². The highest BCUT2D eigenvalue weighted by molar-refractivity contribution is 7.23. The van der Waals surface area contributed by atoms with Crippen molar-refractivity contribution in [2.45, 2.75) is 0 Å². The van der Waals surface area contributed by atoms with Gasteiger partial charge in [0.05, 0.1) is 23.8 Å². The topological polar surface area (TPSA) is 96.0 Å². The van der Waals surface area contributed by atoms with E-state index < -0.39 is 0 Å². The van der Waals surface area contributed by atoms with Gasteiger partial charge in [-0.15, -0.1) is 22.7 Å². The van der Waals surface area contributed by atoms with Gasteiger partial charge < -0.3 is 4.90 Å². The SMILES string of the molecule is [C-]#[N+]/C(C#N)=C1\C(=C\c2cc3cc4cc(-c5ccc(N(C)C)cc5)sc4cc3s2)C(=O)c2cc(C#N)c(C#N)cc21. The average molecular weight is 564 g/mol. The van der Waals surface area contributed by atoms with Gasteiger partial charge in [-0.2, -0.15) is 10.5 Å². The number of hydrogen-bond acceptors (Lipinski definition) is 7. The van der Waals surface area contributed by atoms with Crippen LogP contribution in [0.1, 0.15) is 31.9 Å². The van der Waals surface area contributed by atoms with E-state index in [1.165, 1.54) is 28.3 Å². The van der Waals surface area contributed by atoms with Gasteiger partial charge in [0.1, 0.15) is 12.1 Å². The molecule has 3 aromatic carbocycles. The van der Waals surface area contributed by atoms with E-state index in [0.29, 0.717) is 5.56 Å². The summed E-state index contributed by atoms with van der Waals surface area (Å²) in [5.41, 5.74) is 3.21. The van der Waals surface area contributed by atoms with Crippen LogP contribution in [0, 0.1) is 40.6 Å². The highest BCUT2D eigenvalue weighted by Crippen LogP contribution is 2.43. The third kappa shape index (κ3) is 4.26. The van der Waals surface area contributed by atoms with Crippen LogP contribution in [-0.4, -0.2) is 19.9 Å². The number of Topliss-reactive ketones (excluding diaryl/α,β-unsaturated/α-hetero) is 1. The second-order valence-electron chi connectivity index (χ2n) is 9.63. The highest BCUT2D eigenvalue weighted by atomic mass is 32.1. The number of ketones is 1. The summed E-state index contributed by atoms with van der Waals surface area (Å²) in [6.45, 7) is 7.53. The van der Waals surface area contributed by atoms with E-state index in [1.54, 1.807) is 17.4 Å². The van der Waals surface area contributed by atoms with E-state index in [-0.39, 0.29) is 39.3 Å². The number of thiophene rings is 2. The quantitative estimate of drug-likeness (QED) is 0.126. The maximum atomic E-state index is 13.5. The molecule has 6 rings (SSSR count). The van der Waals surface area contributed by atoms with Gasteiger partial charge in [-0.3, -0.25) is 4.79 Å². The summed E-state index contributed by atoms with van der Waals surface area (Å²) in [6.07, 6.45) is 1.70. The molecule has 0 unspecified atom stereocenters. The smallest absolute Gasteiger partial charge is 0.270 e. The Balaban J connectivity index is 1.44. The predicted molar refractivity (Wildman–Crippen MR) is 164 cm³/mol. The fourth-order valence-corrected chi connectivity index (χ4v) is 7.18. The van der Waals surface area contributed by atoms with Crippen LogP contribution in [-0.2, 0) is 0 Å². The molecule has 0 saturated heterocycles. The second-order valence-corrected chi connectivity index (χ2v) is 11.8. The number of nitriles is 3. The Hall–Kier alpha value is -5.51. The minimum Gasteiger partial charge on any atom is -0.378 e. The van der Waals surface area contributed by atoms with Crippen LogP contribution in [0.25, 0.3) is 47.1 Å². The molecular weight excluding hydrogens is 547 g/mol. The zero-order chi connectivity index (χ0) is 28.8. The maximum absolute atomic E-state index is 13.5. The Morgan fingerprint density at radius 1 is 0.878 bits per heavy atom. The molecule has 1 aliphatic carbocycles. The van der Waals surface area contributed by atoms with E-state index in [4.69, 9.17) is 6.57 Å². The Kier molecular flexibility index (Phi) is 6.22. The van der Waals surface area contributed by atoms with Gasteiger partial charge in [-0.25, -0.2) is 10.1 Å². The van der Waals surface area contributed by atoms with Gasteiger partial charge in [0.25, 0.3) is 5.70 Å². The van der Waals surface area contributed by atoms with E-state index in [9.17, 15) is 20.6 Å². The van der Waals surface area contributed by atoms with Gasteiger partial charge in [-0.1, -0.05) is 12.1 Å². The van der Waals surface area contributed by atoms with Crippen molar-refractivity contribution in [1.82, 2.24) is 0 Å². The largest absolute Gasteiger partial charge is 0.378 e. The van der Waals surface area contributed by atoms with Crippen molar-refractivity contribution in [2.24, 2.45) is 0 Å². The molecule has 0 N–H and O–H groups in total. The van der Waals surface area contributed by atoms with Gasteiger partial charge >= 0.3 is 0 Å². The molecule has 6 nitrogen and oxygen atoms in total. The van der Waals surface area contributed by atoms with Crippen LogP contribution in [0.15, 0.2) is 71.9 Å². The van der Waals surface area contributed by atoms with E-state index in [0.717, 1.165) is 36.3 Å². The van der Waals surface area contributed by atoms with Crippen LogP contribution in [0.2, 0.25) is 0 Å². The van der Waals surface area contributed by atoms with Crippen molar-refractivity contribution in [3.8, 4) is 28.6 Å². The Morgan fingerprint density at radius 2 is 1.54 bits per heavy atom. The molecule has 0 spiro atoms. The molecule has 8 heteroatoms.